The molecule has 1 nitrogen and oxygen atoms in total. The molecule has 0 bridgehead atoms. The van der Waals surface area contributed by atoms with Gasteiger partial charge in [-0.3, -0.25) is 4.79 Å². The van der Waals surface area contributed by atoms with Gasteiger partial charge in [-0.25, -0.2) is 0 Å². The first kappa shape index (κ1) is 12.7. The third-order valence-corrected chi connectivity index (χ3v) is 4.79. The van der Waals surface area contributed by atoms with Crippen LogP contribution in [-0.2, 0) is 4.79 Å². The Morgan fingerprint density at radius 2 is 1.68 bits per heavy atom. The van der Waals surface area contributed by atoms with Crippen LogP contribution in [0.5, 0.6) is 0 Å². The number of benzene rings is 1. The van der Waals surface area contributed by atoms with Crippen LogP contribution in [0.3, 0.4) is 0 Å². The first-order valence-corrected chi connectivity index (χ1v) is 7.62. The van der Waals surface area contributed by atoms with E-state index in [1.165, 1.54) is 25.7 Å². The molecule has 2 saturated carbocycles. The number of rotatable bonds is 2. The molecule has 0 heterocycles. The summed E-state index contributed by atoms with van der Waals surface area (Å²) in [6.45, 7) is 0. The Morgan fingerprint density at radius 1 is 0.947 bits per heavy atom. The molecule has 0 aliphatic heterocycles. The first-order valence-electron chi connectivity index (χ1n) is 7.62. The molecule has 1 unspecified atom stereocenters. The standard InChI is InChI=1S/C18H22O/c19-18-11-10-16(15-8-4-5-9-15)13-17(18)12-14-6-2-1-3-7-14/h1-3,6-7,12,15-16H,4-5,8-11,13H2. The van der Waals surface area contributed by atoms with Crippen LogP contribution in [0.4, 0.5) is 0 Å². The molecule has 2 aliphatic rings. The largest absolute Gasteiger partial charge is 0.295 e. The predicted octanol–water partition coefficient (Wildman–Crippen LogP) is 4.63. The molecule has 0 spiro atoms. The molecule has 19 heavy (non-hydrogen) atoms. The van der Waals surface area contributed by atoms with Gasteiger partial charge in [0.2, 0.25) is 0 Å². The predicted molar refractivity (Wildman–Crippen MR) is 78.7 cm³/mol. The molecule has 2 fully saturated rings. The maximum atomic E-state index is 12.1. The second-order valence-corrected chi connectivity index (χ2v) is 6.05. The van der Waals surface area contributed by atoms with Crippen LogP contribution < -0.4 is 0 Å². The van der Waals surface area contributed by atoms with E-state index in [1.807, 2.05) is 18.2 Å². The summed E-state index contributed by atoms with van der Waals surface area (Å²) in [6, 6.07) is 10.3. The maximum Gasteiger partial charge on any atom is 0.158 e. The Hall–Kier alpha value is -1.37. The van der Waals surface area contributed by atoms with E-state index in [-0.39, 0.29) is 0 Å². The molecule has 2 aliphatic carbocycles. The Balaban J connectivity index is 1.75. The van der Waals surface area contributed by atoms with E-state index in [4.69, 9.17) is 0 Å². The minimum atomic E-state index is 0.373. The fourth-order valence-corrected chi connectivity index (χ4v) is 3.70. The van der Waals surface area contributed by atoms with E-state index in [0.29, 0.717) is 5.78 Å². The molecular weight excluding hydrogens is 232 g/mol. The average molecular weight is 254 g/mol. The summed E-state index contributed by atoms with van der Waals surface area (Å²) < 4.78 is 0. The van der Waals surface area contributed by atoms with Crippen LogP contribution in [0, 0.1) is 11.8 Å². The van der Waals surface area contributed by atoms with Crippen molar-refractivity contribution in [3.63, 3.8) is 0 Å². The number of carbonyl (C=O) groups is 1. The van der Waals surface area contributed by atoms with E-state index in [2.05, 4.69) is 18.2 Å². The fourth-order valence-electron chi connectivity index (χ4n) is 3.70. The van der Waals surface area contributed by atoms with Crippen molar-refractivity contribution in [2.75, 3.05) is 0 Å². The summed E-state index contributed by atoms with van der Waals surface area (Å²) in [5, 5.41) is 0. The third-order valence-electron chi connectivity index (χ3n) is 4.79. The lowest BCUT2D eigenvalue weighted by molar-refractivity contribution is -0.117. The van der Waals surface area contributed by atoms with E-state index in [1.54, 1.807) is 0 Å². The summed E-state index contributed by atoms with van der Waals surface area (Å²) in [7, 11) is 0. The van der Waals surface area contributed by atoms with Gasteiger partial charge in [0.15, 0.2) is 5.78 Å². The molecule has 0 N–H and O–H groups in total. The SMILES string of the molecule is O=C1CCC(C2CCCC2)CC1=Cc1ccccc1. The van der Waals surface area contributed by atoms with Crippen molar-refractivity contribution in [3.8, 4) is 0 Å². The minimum absolute atomic E-state index is 0.373. The average Bonchev–Trinajstić information content (AvgIpc) is 2.96. The highest BCUT2D eigenvalue weighted by molar-refractivity contribution is 6.00. The molecule has 0 saturated heterocycles. The topological polar surface area (TPSA) is 17.1 Å². The molecule has 1 atom stereocenters. The normalized spacial score (nSPS) is 27.1. The molecular formula is C18H22O. The Kier molecular flexibility index (Phi) is 3.82. The number of hydrogen-bond donors (Lipinski definition) is 0. The summed E-state index contributed by atoms with van der Waals surface area (Å²) in [6.07, 6.45) is 10.6. The number of hydrogen-bond acceptors (Lipinski definition) is 1. The van der Waals surface area contributed by atoms with E-state index >= 15 is 0 Å². The van der Waals surface area contributed by atoms with Gasteiger partial charge < -0.3 is 0 Å². The molecule has 1 aromatic rings. The van der Waals surface area contributed by atoms with Crippen LogP contribution in [-0.4, -0.2) is 5.78 Å². The molecule has 100 valence electrons. The smallest absolute Gasteiger partial charge is 0.158 e. The number of Topliss-reactive ketones (excluding diaryl/α,β-unsaturated/α-hetero) is 1. The van der Waals surface area contributed by atoms with Crippen LogP contribution in [0.1, 0.15) is 50.5 Å². The van der Waals surface area contributed by atoms with Crippen molar-refractivity contribution in [3.05, 3.63) is 41.5 Å². The van der Waals surface area contributed by atoms with E-state index in [9.17, 15) is 4.79 Å². The molecule has 1 heteroatoms. The Morgan fingerprint density at radius 3 is 2.42 bits per heavy atom. The number of carbonyl (C=O) groups excluding carboxylic acids is 1. The summed E-state index contributed by atoms with van der Waals surface area (Å²) in [4.78, 5) is 12.1. The van der Waals surface area contributed by atoms with E-state index in [0.717, 1.165) is 42.2 Å². The molecule has 3 rings (SSSR count). The first-order chi connectivity index (χ1) is 9.33. The second kappa shape index (κ2) is 5.73. The van der Waals surface area contributed by atoms with Gasteiger partial charge in [0, 0.05) is 6.42 Å². The maximum absolute atomic E-state index is 12.1. The highest BCUT2D eigenvalue weighted by Crippen LogP contribution is 2.40. The molecule has 0 amide bonds. The van der Waals surface area contributed by atoms with Gasteiger partial charge >= 0.3 is 0 Å². The monoisotopic (exact) mass is 254 g/mol. The minimum Gasteiger partial charge on any atom is -0.295 e. The van der Waals surface area contributed by atoms with Crippen molar-refractivity contribution in [2.24, 2.45) is 11.8 Å². The number of ketones is 1. The van der Waals surface area contributed by atoms with Gasteiger partial charge in [-0.05, 0) is 41.9 Å². The van der Waals surface area contributed by atoms with Gasteiger partial charge in [-0.2, -0.15) is 0 Å². The lowest BCUT2D eigenvalue weighted by Crippen LogP contribution is -2.22. The van der Waals surface area contributed by atoms with Gasteiger partial charge in [0.05, 0.1) is 0 Å². The van der Waals surface area contributed by atoms with E-state index < -0.39 is 0 Å². The lowest BCUT2D eigenvalue weighted by atomic mass is 9.76. The summed E-state index contributed by atoms with van der Waals surface area (Å²) in [5.41, 5.74) is 2.23. The number of allylic oxidation sites excluding steroid dienone is 1. The zero-order chi connectivity index (χ0) is 13.1. The zero-order valence-corrected chi connectivity index (χ0v) is 11.5. The fraction of sp³-hybridized carbons (Fsp3) is 0.500. The van der Waals surface area contributed by atoms with Crippen LogP contribution in [0.25, 0.3) is 6.08 Å². The highest BCUT2D eigenvalue weighted by Gasteiger charge is 2.30. The van der Waals surface area contributed by atoms with Crippen LogP contribution in [0.15, 0.2) is 35.9 Å². The molecule has 0 aromatic heterocycles. The second-order valence-electron chi connectivity index (χ2n) is 6.05. The highest BCUT2D eigenvalue weighted by atomic mass is 16.1. The lowest BCUT2D eigenvalue weighted by Gasteiger charge is -2.28. The molecule has 1 aromatic carbocycles. The summed E-state index contributed by atoms with van der Waals surface area (Å²) >= 11 is 0. The molecule has 0 radical (unpaired) electrons. The van der Waals surface area contributed by atoms with Gasteiger partial charge in [0.25, 0.3) is 0 Å². The van der Waals surface area contributed by atoms with Crippen molar-refractivity contribution in [2.45, 2.75) is 44.9 Å². The van der Waals surface area contributed by atoms with Gasteiger partial charge in [0.1, 0.15) is 0 Å². The third kappa shape index (κ3) is 2.97. The summed E-state index contributed by atoms with van der Waals surface area (Å²) in [5.74, 6) is 2.01. The zero-order valence-electron chi connectivity index (χ0n) is 11.5. The van der Waals surface area contributed by atoms with Crippen LogP contribution in [0.2, 0.25) is 0 Å². The van der Waals surface area contributed by atoms with Crippen molar-refractivity contribution in [1.82, 2.24) is 0 Å². The van der Waals surface area contributed by atoms with Crippen LogP contribution >= 0.6 is 0 Å². The van der Waals surface area contributed by atoms with Crippen molar-refractivity contribution < 1.29 is 4.79 Å². The van der Waals surface area contributed by atoms with Crippen molar-refractivity contribution >= 4 is 11.9 Å². The quantitative estimate of drug-likeness (QED) is 0.703. The Labute approximate surface area is 115 Å². The van der Waals surface area contributed by atoms with Gasteiger partial charge in [-0.1, -0.05) is 56.0 Å². The Bertz CT molecular complexity index is 466. The van der Waals surface area contributed by atoms with Crippen molar-refractivity contribution in [1.29, 1.82) is 0 Å². The van der Waals surface area contributed by atoms with Gasteiger partial charge in [-0.15, -0.1) is 0 Å².